The molecule has 0 aliphatic rings. The highest BCUT2D eigenvalue weighted by Crippen LogP contribution is 2.23. The Morgan fingerprint density at radius 3 is 2.80 bits per heavy atom. The Balaban J connectivity index is 1.34. The molecule has 30 heavy (non-hydrogen) atoms. The third-order valence-corrected chi connectivity index (χ3v) is 4.20. The number of H-pyrrole nitrogens is 1. The van der Waals surface area contributed by atoms with E-state index in [1.165, 1.54) is 7.11 Å². The van der Waals surface area contributed by atoms with Crippen molar-refractivity contribution in [1.29, 1.82) is 0 Å². The van der Waals surface area contributed by atoms with Gasteiger partial charge in [0.05, 0.1) is 24.7 Å². The van der Waals surface area contributed by atoms with Crippen LogP contribution in [-0.4, -0.2) is 39.3 Å². The van der Waals surface area contributed by atoms with E-state index in [1.54, 1.807) is 42.5 Å². The van der Waals surface area contributed by atoms with Crippen LogP contribution in [0.2, 0.25) is 0 Å². The van der Waals surface area contributed by atoms with Crippen LogP contribution < -0.4 is 10.1 Å². The molecule has 10 heteroatoms. The van der Waals surface area contributed by atoms with Crippen LogP contribution in [0.3, 0.4) is 0 Å². The highest BCUT2D eigenvalue weighted by Gasteiger charge is 2.18. The summed E-state index contributed by atoms with van der Waals surface area (Å²) in [6.45, 7) is -0.235. The van der Waals surface area contributed by atoms with Crippen LogP contribution in [0.1, 0.15) is 22.2 Å². The second-order valence-corrected chi connectivity index (χ2v) is 6.22. The normalized spacial score (nSPS) is 10.7. The van der Waals surface area contributed by atoms with Gasteiger partial charge in [0.25, 0.3) is 5.89 Å². The number of anilines is 1. The van der Waals surface area contributed by atoms with Gasteiger partial charge in [0.1, 0.15) is 5.75 Å². The fraction of sp³-hybridized carbons (Fsp3) is 0.150. The molecule has 152 valence electrons. The molecule has 0 radical (unpaired) electrons. The van der Waals surface area contributed by atoms with Crippen LogP contribution in [0, 0.1) is 0 Å². The fourth-order valence-electron chi connectivity index (χ4n) is 2.82. The van der Waals surface area contributed by atoms with Crippen molar-refractivity contribution in [3.8, 4) is 5.75 Å². The summed E-state index contributed by atoms with van der Waals surface area (Å²) >= 11 is 0. The molecule has 4 rings (SSSR count). The Bertz CT molecular complexity index is 1200. The number of carbonyl (C=O) groups excluding carboxylic acids is 2. The Morgan fingerprint density at radius 2 is 1.93 bits per heavy atom. The lowest BCUT2D eigenvalue weighted by atomic mass is 10.2. The summed E-state index contributed by atoms with van der Waals surface area (Å²) in [6, 6.07) is 14.2. The number of benzene rings is 2. The molecular weight excluding hydrogens is 390 g/mol. The molecule has 2 heterocycles. The van der Waals surface area contributed by atoms with E-state index in [2.05, 4.69) is 25.7 Å². The number of esters is 1. The van der Waals surface area contributed by atoms with Gasteiger partial charge in [-0.1, -0.05) is 35.5 Å². The van der Waals surface area contributed by atoms with E-state index in [1.807, 2.05) is 6.07 Å². The van der Waals surface area contributed by atoms with Gasteiger partial charge in [-0.2, -0.15) is 10.1 Å². The smallest absolute Gasteiger partial charge is 0.359 e. The molecule has 0 saturated carbocycles. The minimum absolute atomic E-state index is 0.0725. The zero-order valence-electron chi connectivity index (χ0n) is 15.9. The molecule has 0 atom stereocenters. The summed E-state index contributed by atoms with van der Waals surface area (Å²) in [5, 5.41) is 13.9. The monoisotopic (exact) mass is 407 g/mol. The number of nitrogens with zero attached hydrogens (tertiary/aromatic N) is 3. The molecular formula is C20H17N5O5. The quantitative estimate of drug-likeness (QED) is 0.447. The van der Waals surface area contributed by atoms with E-state index in [9.17, 15) is 9.59 Å². The van der Waals surface area contributed by atoms with Crippen molar-refractivity contribution < 1.29 is 23.6 Å². The first-order valence-corrected chi connectivity index (χ1v) is 8.98. The molecule has 2 N–H and O–H groups in total. The zero-order chi connectivity index (χ0) is 20.9. The molecule has 1 amide bonds. The third kappa shape index (κ3) is 4.12. The Kier molecular flexibility index (Phi) is 5.37. The standard InChI is InChI=1S/C20H17N5O5/c1-28-15-9-5-4-8-14(15)21-17(26)10-16-22-18(30-25-16)11-29-20(27)19-12-6-2-3-7-13(12)23-24-19/h2-9H,10-11H2,1H3,(H,21,26)(H,23,24). The lowest BCUT2D eigenvalue weighted by Gasteiger charge is -2.08. The number of hydrogen-bond acceptors (Lipinski definition) is 8. The number of rotatable bonds is 7. The van der Waals surface area contributed by atoms with Crippen molar-refractivity contribution in [2.24, 2.45) is 0 Å². The molecule has 0 saturated heterocycles. The van der Waals surface area contributed by atoms with Gasteiger partial charge < -0.3 is 19.3 Å². The fourth-order valence-corrected chi connectivity index (χ4v) is 2.82. The van der Waals surface area contributed by atoms with Crippen LogP contribution in [-0.2, 0) is 22.6 Å². The van der Waals surface area contributed by atoms with Crippen molar-refractivity contribution >= 4 is 28.5 Å². The number of methoxy groups -OCH3 is 1. The van der Waals surface area contributed by atoms with Crippen molar-refractivity contribution in [1.82, 2.24) is 20.3 Å². The maximum Gasteiger partial charge on any atom is 0.359 e. The van der Waals surface area contributed by atoms with Gasteiger partial charge in [-0.3, -0.25) is 9.89 Å². The first kappa shape index (κ1) is 19.1. The molecule has 0 unspecified atom stereocenters. The number of carbonyl (C=O) groups is 2. The average Bonchev–Trinajstić information content (AvgIpc) is 3.39. The Morgan fingerprint density at radius 1 is 1.13 bits per heavy atom. The summed E-state index contributed by atoms with van der Waals surface area (Å²) in [4.78, 5) is 28.6. The third-order valence-electron chi connectivity index (χ3n) is 4.20. The lowest BCUT2D eigenvalue weighted by Crippen LogP contribution is -2.15. The SMILES string of the molecule is COc1ccccc1NC(=O)Cc1noc(COC(=O)c2n[nH]c3ccccc23)n1. The molecule has 0 aliphatic heterocycles. The summed E-state index contributed by atoms with van der Waals surface area (Å²) < 4.78 is 15.4. The summed E-state index contributed by atoms with van der Waals surface area (Å²) in [5.41, 5.74) is 1.43. The van der Waals surface area contributed by atoms with Crippen molar-refractivity contribution in [3.05, 3.63) is 65.9 Å². The van der Waals surface area contributed by atoms with Gasteiger partial charge in [-0.15, -0.1) is 0 Å². The van der Waals surface area contributed by atoms with E-state index in [4.69, 9.17) is 14.0 Å². The van der Waals surface area contributed by atoms with Crippen LogP contribution in [0.5, 0.6) is 5.75 Å². The number of fused-ring (bicyclic) bond motifs is 1. The predicted octanol–water partition coefficient (Wildman–Crippen LogP) is 2.49. The van der Waals surface area contributed by atoms with Gasteiger partial charge in [0.2, 0.25) is 5.91 Å². The molecule has 0 fully saturated rings. The van der Waals surface area contributed by atoms with E-state index in [-0.39, 0.29) is 36.3 Å². The van der Waals surface area contributed by atoms with Gasteiger partial charge in [0.15, 0.2) is 18.1 Å². The molecule has 10 nitrogen and oxygen atoms in total. The summed E-state index contributed by atoms with van der Waals surface area (Å²) in [7, 11) is 1.52. The molecule has 2 aromatic carbocycles. The second-order valence-electron chi connectivity index (χ2n) is 6.22. The lowest BCUT2D eigenvalue weighted by molar-refractivity contribution is -0.115. The number of ether oxygens (including phenoxy) is 2. The summed E-state index contributed by atoms with van der Waals surface area (Å²) in [5.74, 6) is -0.188. The molecule has 0 bridgehead atoms. The maximum absolute atomic E-state index is 12.3. The highest BCUT2D eigenvalue weighted by molar-refractivity contribution is 6.01. The number of amides is 1. The topological polar surface area (TPSA) is 132 Å². The number of hydrogen-bond donors (Lipinski definition) is 2. The zero-order valence-corrected chi connectivity index (χ0v) is 15.9. The minimum Gasteiger partial charge on any atom is -0.495 e. The number of aromatic amines is 1. The van der Waals surface area contributed by atoms with E-state index in [0.717, 1.165) is 5.52 Å². The van der Waals surface area contributed by atoms with Crippen LogP contribution in [0.25, 0.3) is 10.9 Å². The molecule has 0 spiro atoms. The van der Waals surface area contributed by atoms with E-state index in [0.29, 0.717) is 16.8 Å². The van der Waals surface area contributed by atoms with Crippen molar-refractivity contribution in [2.75, 3.05) is 12.4 Å². The van der Waals surface area contributed by atoms with E-state index < -0.39 is 5.97 Å². The first-order chi connectivity index (χ1) is 14.6. The Hall–Kier alpha value is -4.21. The van der Waals surface area contributed by atoms with Crippen molar-refractivity contribution in [3.63, 3.8) is 0 Å². The van der Waals surface area contributed by atoms with Gasteiger partial charge in [-0.25, -0.2) is 4.79 Å². The number of aromatic nitrogens is 4. The van der Waals surface area contributed by atoms with Gasteiger partial charge in [-0.05, 0) is 18.2 Å². The minimum atomic E-state index is -0.624. The predicted molar refractivity (Wildman–Crippen MR) is 105 cm³/mol. The molecule has 2 aromatic heterocycles. The molecule has 0 aliphatic carbocycles. The number of para-hydroxylation sites is 3. The van der Waals surface area contributed by atoms with Crippen LogP contribution in [0.15, 0.2) is 53.1 Å². The highest BCUT2D eigenvalue weighted by atomic mass is 16.6. The maximum atomic E-state index is 12.3. The van der Waals surface area contributed by atoms with Gasteiger partial charge >= 0.3 is 5.97 Å². The largest absolute Gasteiger partial charge is 0.495 e. The second kappa shape index (κ2) is 8.43. The molecule has 4 aromatic rings. The number of nitrogens with one attached hydrogen (secondary N) is 2. The summed E-state index contributed by atoms with van der Waals surface area (Å²) in [6.07, 6.45) is -0.112. The first-order valence-electron chi connectivity index (χ1n) is 8.98. The van der Waals surface area contributed by atoms with Gasteiger partial charge in [0, 0.05) is 5.39 Å². The van der Waals surface area contributed by atoms with E-state index >= 15 is 0 Å². The van der Waals surface area contributed by atoms with Crippen LogP contribution in [0.4, 0.5) is 5.69 Å². The van der Waals surface area contributed by atoms with Crippen LogP contribution >= 0.6 is 0 Å². The average molecular weight is 407 g/mol. The Labute approximate surface area is 170 Å². The van der Waals surface area contributed by atoms with Crippen molar-refractivity contribution in [2.45, 2.75) is 13.0 Å².